The van der Waals surface area contributed by atoms with Crippen molar-refractivity contribution in [2.24, 2.45) is 0 Å². The van der Waals surface area contributed by atoms with Crippen LogP contribution in [0.1, 0.15) is 11.1 Å². The van der Waals surface area contributed by atoms with Crippen LogP contribution in [0.5, 0.6) is 0 Å². The summed E-state index contributed by atoms with van der Waals surface area (Å²) in [7, 11) is -1.37. The van der Waals surface area contributed by atoms with Crippen molar-refractivity contribution < 1.29 is 10.0 Å². The summed E-state index contributed by atoms with van der Waals surface area (Å²) in [6, 6.07) is 7.80. The predicted molar refractivity (Wildman–Crippen MR) is 50.4 cm³/mol. The molecule has 0 aliphatic carbocycles. The maximum Gasteiger partial charge on any atom is 0.480 e. The number of hydrogen-bond acceptors (Lipinski definition) is 2. The highest BCUT2D eigenvalue weighted by molar-refractivity contribution is 6.48. The van der Waals surface area contributed by atoms with Gasteiger partial charge in [-0.15, -0.1) is 0 Å². The molecule has 12 heavy (non-hydrogen) atoms. The molecule has 0 aliphatic heterocycles. The molecule has 0 atom stereocenters. The van der Waals surface area contributed by atoms with E-state index in [0.29, 0.717) is 0 Å². The molecule has 1 rings (SSSR count). The Morgan fingerprint density at radius 2 is 1.75 bits per heavy atom. The fraction of sp³-hybridized carbons (Fsp3) is 0.111. The van der Waals surface area contributed by atoms with Crippen LogP contribution in [-0.2, 0) is 0 Å². The Balaban J connectivity index is 2.71. The molecule has 0 fully saturated rings. The first-order valence-electron chi connectivity index (χ1n) is 3.79. The maximum absolute atomic E-state index is 8.54. The van der Waals surface area contributed by atoms with Crippen molar-refractivity contribution in [1.82, 2.24) is 0 Å². The molecular formula is C9H11BO2. The molecule has 3 heteroatoms. The van der Waals surface area contributed by atoms with E-state index in [4.69, 9.17) is 10.0 Å². The normalized spacial score (nSPS) is 10.6. The first-order valence-corrected chi connectivity index (χ1v) is 3.79. The average Bonchev–Trinajstić information content (AvgIpc) is 2.03. The lowest BCUT2D eigenvalue weighted by Gasteiger charge is -1.93. The molecule has 0 saturated carbocycles. The Morgan fingerprint density at radius 3 is 2.25 bits per heavy atom. The van der Waals surface area contributed by atoms with Crippen molar-refractivity contribution in [3.8, 4) is 0 Å². The van der Waals surface area contributed by atoms with Crippen LogP contribution in [0.2, 0.25) is 0 Å². The Morgan fingerprint density at radius 1 is 1.17 bits per heavy atom. The zero-order chi connectivity index (χ0) is 8.97. The molecule has 0 spiro atoms. The van der Waals surface area contributed by atoms with E-state index in [1.54, 1.807) is 6.08 Å². The van der Waals surface area contributed by atoms with Gasteiger partial charge in [-0.3, -0.25) is 0 Å². The minimum absolute atomic E-state index is 0.966. The fourth-order valence-electron chi connectivity index (χ4n) is 0.875. The molecule has 2 N–H and O–H groups in total. The molecule has 0 aromatic heterocycles. The van der Waals surface area contributed by atoms with Crippen molar-refractivity contribution >= 4 is 13.2 Å². The first kappa shape index (κ1) is 9.04. The molecule has 0 heterocycles. The quantitative estimate of drug-likeness (QED) is 0.637. The molecule has 0 amide bonds. The number of benzene rings is 1. The third kappa shape index (κ3) is 2.90. The predicted octanol–water partition coefficient (Wildman–Crippen LogP) is 1.02. The SMILES string of the molecule is Cc1ccc(/C=C\B(O)O)cc1. The van der Waals surface area contributed by atoms with Gasteiger partial charge in [-0.05, 0) is 12.5 Å². The Labute approximate surface area is 72.3 Å². The monoisotopic (exact) mass is 162 g/mol. The highest BCUT2D eigenvalue weighted by atomic mass is 16.4. The molecule has 1 aromatic carbocycles. The summed E-state index contributed by atoms with van der Waals surface area (Å²) in [5, 5.41) is 17.1. The van der Waals surface area contributed by atoms with Crippen LogP contribution in [0, 0.1) is 6.92 Å². The van der Waals surface area contributed by atoms with E-state index in [-0.39, 0.29) is 0 Å². The van der Waals surface area contributed by atoms with Crippen LogP contribution >= 0.6 is 0 Å². The molecule has 0 unspecified atom stereocenters. The lowest BCUT2D eigenvalue weighted by molar-refractivity contribution is 0.424. The summed E-state index contributed by atoms with van der Waals surface area (Å²) in [5.41, 5.74) is 2.16. The first-order chi connectivity index (χ1) is 5.68. The van der Waals surface area contributed by atoms with Gasteiger partial charge in [0.1, 0.15) is 0 Å². The maximum atomic E-state index is 8.54. The van der Waals surface area contributed by atoms with E-state index in [9.17, 15) is 0 Å². The van der Waals surface area contributed by atoms with E-state index in [0.717, 1.165) is 5.56 Å². The second-order valence-corrected chi connectivity index (χ2v) is 2.68. The summed E-state index contributed by atoms with van der Waals surface area (Å²) >= 11 is 0. The van der Waals surface area contributed by atoms with E-state index in [2.05, 4.69) is 0 Å². The van der Waals surface area contributed by atoms with Gasteiger partial charge in [0.25, 0.3) is 0 Å². The Kier molecular flexibility index (Phi) is 3.08. The van der Waals surface area contributed by atoms with Crippen LogP contribution in [-0.4, -0.2) is 17.2 Å². The van der Waals surface area contributed by atoms with Crippen molar-refractivity contribution in [3.63, 3.8) is 0 Å². The summed E-state index contributed by atoms with van der Waals surface area (Å²) in [6.45, 7) is 2.01. The van der Waals surface area contributed by atoms with Gasteiger partial charge in [0, 0.05) is 0 Å². The van der Waals surface area contributed by atoms with Gasteiger partial charge in [0.05, 0.1) is 0 Å². The molecular weight excluding hydrogens is 151 g/mol. The van der Waals surface area contributed by atoms with Crippen LogP contribution in [0.25, 0.3) is 6.08 Å². The smallest absolute Gasteiger partial charge is 0.424 e. The van der Waals surface area contributed by atoms with E-state index < -0.39 is 7.12 Å². The van der Waals surface area contributed by atoms with Crippen molar-refractivity contribution in [1.29, 1.82) is 0 Å². The number of aryl methyl sites for hydroxylation is 1. The second kappa shape index (κ2) is 4.09. The van der Waals surface area contributed by atoms with Crippen molar-refractivity contribution in [3.05, 3.63) is 41.4 Å². The molecule has 2 nitrogen and oxygen atoms in total. The third-order valence-electron chi connectivity index (χ3n) is 1.54. The minimum Gasteiger partial charge on any atom is -0.424 e. The summed E-state index contributed by atoms with van der Waals surface area (Å²) in [4.78, 5) is 0. The molecule has 0 radical (unpaired) electrons. The number of rotatable bonds is 2. The van der Waals surface area contributed by atoms with Gasteiger partial charge < -0.3 is 10.0 Å². The Bertz CT molecular complexity index is 264. The summed E-state index contributed by atoms with van der Waals surface area (Å²) < 4.78 is 0. The standard InChI is InChI=1S/C9H11BO2/c1-8-2-4-9(5-3-8)6-7-10(11)12/h2-7,11-12H,1H3/b7-6-. The summed E-state index contributed by atoms with van der Waals surface area (Å²) in [5.74, 6) is 1.32. The van der Waals surface area contributed by atoms with E-state index in [1.165, 1.54) is 11.5 Å². The lowest BCUT2D eigenvalue weighted by atomic mass is 9.91. The highest BCUT2D eigenvalue weighted by Crippen LogP contribution is 2.04. The third-order valence-corrected chi connectivity index (χ3v) is 1.54. The Hall–Kier alpha value is -1.06. The lowest BCUT2D eigenvalue weighted by Crippen LogP contribution is -2.05. The van der Waals surface area contributed by atoms with Gasteiger partial charge in [-0.25, -0.2) is 0 Å². The molecule has 1 aromatic rings. The van der Waals surface area contributed by atoms with Gasteiger partial charge in [-0.1, -0.05) is 41.9 Å². The van der Waals surface area contributed by atoms with Crippen LogP contribution in [0.15, 0.2) is 30.2 Å². The highest BCUT2D eigenvalue weighted by Gasteiger charge is 1.97. The van der Waals surface area contributed by atoms with Crippen LogP contribution in [0.4, 0.5) is 0 Å². The second-order valence-electron chi connectivity index (χ2n) is 2.68. The van der Waals surface area contributed by atoms with Gasteiger partial charge in [-0.2, -0.15) is 0 Å². The van der Waals surface area contributed by atoms with Crippen LogP contribution < -0.4 is 0 Å². The molecule has 0 bridgehead atoms. The largest absolute Gasteiger partial charge is 0.480 e. The van der Waals surface area contributed by atoms with E-state index in [1.807, 2.05) is 31.2 Å². The topological polar surface area (TPSA) is 40.5 Å². The van der Waals surface area contributed by atoms with Crippen LogP contribution in [0.3, 0.4) is 0 Å². The van der Waals surface area contributed by atoms with Gasteiger partial charge >= 0.3 is 7.12 Å². The van der Waals surface area contributed by atoms with Gasteiger partial charge in [0.2, 0.25) is 0 Å². The molecule has 62 valence electrons. The van der Waals surface area contributed by atoms with E-state index >= 15 is 0 Å². The van der Waals surface area contributed by atoms with Crippen molar-refractivity contribution in [2.45, 2.75) is 6.92 Å². The average molecular weight is 162 g/mol. The van der Waals surface area contributed by atoms with Gasteiger partial charge in [0.15, 0.2) is 0 Å². The minimum atomic E-state index is -1.37. The number of hydrogen-bond donors (Lipinski definition) is 2. The van der Waals surface area contributed by atoms with Crippen molar-refractivity contribution in [2.75, 3.05) is 0 Å². The fourth-order valence-corrected chi connectivity index (χ4v) is 0.875. The zero-order valence-corrected chi connectivity index (χ0v) is 6.94. The molecule has 0 aliphatic rings. The zero-order valence-electron chi connectivity index (χ0n) is 6.94. The summed E-state index contributed by atoms with van der Waals surface area (Å²) in [6.07, 6.45) is 1.67. The molecule has 0 saturated heterocycles.